The number of halogens is 1. The maximum atomic E-state index is 12.1. The van der Waals surface area contributed by atoms with Crippen LogP contribution in [0.25, 0.3) is 0 Å². The van der Waals surface area contributed by atoms with Gasteiger partial charge in [-0.05, 0) is 54.4 Å². The van der Waals surface area contributed by atoms with Crippen LogP contribution in [0.2, 0.25) is 5.02 Å². The maximum Gasteiger partial charge on any atom is 0.239 e. The number of benzene rings is 2. The molecule has 7 nitrogen and oxygen atoms in total. The van der Waals surface area contributed by atoms with E-state index >= 15 is 0 Å². The first-order chi connectivity index (χ1) is 12.8. The van der Waals surface area contributed by atoms with Gasteiger partial charge < -0.3 is 15.0 Å². The number of rotatable bonds is 7. The number of carbonyl (C=O) groups excluding carboxylic acids is 1. The summed E-state index contributed by atoms with van der Waals surface area (Å²) in [6.07, 6.45) is 0.672. The zero-order valence-corrected chi connectivity index (χ0v) is 16.1. The van der Waals surface area contributed by atoms with Crippen LogP contribution in [0.3, 0.4) is 0 Å². The van der Waals surface area contributed by atoms with Gasteiger partial charge in [-0.15, -0.1) is 0 Å². The quantitative estimate of drug-likeness (QED) is 0.675. The molecule has 2 aromatic rings. The molecule has 3 rings (SSSR count). The molecule has 27 heavy (non-hydrogen) atoms. The van der Waals surface area contributed by atoms with Gasteiger partial charge in [0.05, 0.1) is 18.0 Å². The number of hydrogen-bond donors (Lipinski definition) is 2. The van der Waals surface area contributed by atoms with E-state index in [9.17, 15) is 13.2 Å². The highest BCUT2D eigenvalue weighted by molar-refractivity contribution is 7.89. The largest absolute Gasteiger partial charge is 0.492 e. The minimum absolute atomic E-state index is 0.0897. The van der Waals surface area contributed by atoms with E-state index in [1.165, 1.54) is 6.07 Å². The molecule has 0 fully saturated rings. The molecule has 0 aliphatic carbocycles. The first-order valence-corrected chi connectivity index (χ1v) is 10.3. The van der Waals surface area contributed by atoms with Crippen LogP contribution in [-0.2, 0) is 21.2 Å². The summed E-state index contributed by atoms with van der Waals surface area (Å²) in [5, 5.41) is 8.61. The van der Waals surface area contributed by atoms with Crippen LogP contribution in [0, 0.1) is 0 Å². The van der Waals surface area contributed by atoms with E-state index in [0.29, 0.717) is 36.9 Å². The minimum Gasteiger partial charge on any atom is -0.492 e. The Labute approximate surface area is 163 Å². The van der Waals surface area contributed by atoms with Gasteiger partial charge in [0.2, 0.25) is 15.9 Å². The average molecular weight is 410 g/mol. The topological polar surface area (TPSA) is 102 Å². The first kappa shape index (κ1) is 19.5. The molecule has 144 valence electrons. The van der Waals surface area contributed by atoms with E-state index in [0.717, 1.165) is 11.3 Å². The number of hydrogen-bond acceptors (Lipinski definition) is 5. The summed E-state index contributed by atoms with van der Waals surface area (Å²) in [5.41, 5.74) is 1.73. The summed E-state index contributed by atoms with van der Waals surface area (Å²) >= 11 is 5.81. The van der Waals surface area contributed by atoms with Gasteiger partial charge in [0.15, 0.2) is 0 Å². The van der Waals surface area contributed by atoms with E-state index in [2.05, 4.69) is 5.32 Å². The summed E-state index contributed by atoms with van der Waals surface area (Å²) in [7, 11) is -3.72. The average Bonchev–Trinajstić information content (AvgIpc) is 3.02. The number of nitrogens with two attached hydrogens (primary N) is 1. The molecule has 0 spiro atoms. The minimum atomic E-state index is -3.72. The van der Waals surface area contributed by atoms with Crippen molar-refractivity contribution >= 4 is 33.2 Å². The van der Waals surface area contributed by atoms with Gasteiger partial charge in [0, 0.05) is 17.3 Å². The number of nitrogens with zero attached hydrogens (tertiary/aromatic N) is 1. The van der Waals surface area contributed by atoms with Gasteiger partial charge in [-0.1, -0.05) is 11.6 Å². The molecular weight excluding hydrogens is 390 g/mol. The third-order valence-electron chi connectivity index (χ3n) is 4.21. The van der Waals surface area contributed by atoms with Crippen LogP contribution in [0.1, 0.15) is 5.56 Å². The van der Waals surface area contributed by atoms with Crippen molar-refractivity contribution in [3.05, 3.63) is 53.1 Å². The monoisotopic (exact) mass is 409 g/mol. The Morgan fingerprint density at radius 2 is 1.96 bits per heavy atom. The molecule has 1 amide bonds. The number of fused-ring (bicyclic) bond motifs is 1. The van der Waals surface area contributed by atoms with Gasteiger partial charge >= 0.3 is 0 Å². The Morgan fingerprint density at radius 1 is 1.22 bits per heavy atom. The number of nitrogens with one attached hydrogen (secondary N) is 1. The third-order valence-corrected chi connectivity index (χ3v) is 5.38. The van der Waals surface area contributed by atoms with E-state index < -0.39 is 10.0 Å². The van der Waals surface area contributed by atoms with Crippen molar-refractivity contribution in [2.75, 3.05) is 31.1 Å². The highest BCUT2D eigenvalue weighted by Crippen LogP contribution is 2.29. The summed E-state index contributed by atoms with van der Waals surface area (Å²) in [6.45, 7) is 1.58. The van der Waals surface area contributed by atoms with Gasteiger partial charge in [-0.2, -0.15) is 0 Å². The SMILES string of the molecule is NS(=O)(=O)c1ccc2c(c1)CCN2CC(=O)NCCOc1ccc(Cl)cc1. The molecule has 3 N–H and O–H groups in total. The van der Waals surface area contributed by atoms with Crippen molar-refractivity contribution in [3.8, 4) is 5.75 Å². The fourth-order valence-electron chi connectivity index (χ4n) is 2.91. The van der Waals surface area contributed by atoms with Crippen molar-refractivity contribution in [1.82, 2.24) is 5.32 Å². The lowest BCUT2D eigenvalue weighted by Crippen LogP contribution is -2.38. The molecule has 0 unspecified atom stereocenters. The van der Waals surface area contributed by atoms with Crippen molar-refractivity contribution in [2.45, 2.75) is 11.3 Å². The highest BCUT2D eigenvalue weighted by Gasteiger charge is 2.22. The second-order valence-corrected chi connectivity index (χ2v) is 8.16. The molecular formula is C18H20ClN3O4S. The molecule has 1 aliphatic heterocycles. The summed E-state index contributed by atoms with van der Waals surface area (Å²) in [4.78, 5) is 14.2. The summed E-state index contributed by atoms with van der Waals surface area (Å²) < 4.78 is 28.4. The third kappa shape index (κ3) is 5.12. The molecule has 0 aromatic heterocycles. The van der Waals surface area contributed by atoms with Crippen molar-refractivity contribution in [1.29, 1.82) is 0 Å². The summed E-state index contributed by atoms with van der Waals surface area (Å²) in [6, 6.07) is 11.7. The number of primary sulfonamides is 1. The maximum absolute atomic E-state index is 12.1. The Kier molecular flexibility index (Phi) is 5.88. The number of ether oxygens (including phenoxy) is 1. The molecule has 0 saturated carbocycles. The second-order valence-electron chi connectivity index (χ2n) is 6.16. The molecule has 0 bridgehead atoms. The van der Waals surface area contributed by atoms with Crippen LogP contribution < -0.4 is 20.1 Å². The molecule has 1 aliphatic rings. The molecule has 0 atom stereocenters. The van der Waals surface area contributed by atoms with Crippen molar-refractivity contribution < 1.29 is 17.9 Å². The van der Waals surface area contributed by atoms with Crippen LogP contribution >= 0.6 is 11.6 Å². The number of carbonyl (C=O) groups is 1. The normalized spacial score (nSPS) is 13.3. The van der Waals surface area contributed by atoms with Gasteiger partial charge in [-0.3, -0.25) is 4.79 Å². The predicted molar refractivity (Wildman–Crippen MR) is 104 cm³/mol. The molecule has 9 heteroatoms. The van der Waals surface area contributed by atoms with Gasteiger partial charge in [0.1, 0.15) is 12.4 Å². The number of amides is 1. The van der Waals surface area contributed by atoms with E-state index in [-0.39, 0.29) is 17.3 Å². The molecule has 0 radical (unpaired) electrons. The van der Waals surface area contributed by atoms with Crippen molar-refractivity contribution in [2.24, 2.45) is 5.14 Å². The van der Waals surface area contributed by atoms with Crippen LogP contribution in [-0.4, -0.2) is 40.6 Å². The Morgan fingerprint density at radius 3 is 2.67 bits per heavy atom. The first-order valence-electron chi connectivity index (χ1n) is 8.39. The van der Waals surface area contributed by atoms with Gasteiger partial charge in [0.25, 0.3) is 0 Å². The Bertz CT molecular complexity index is 932. The number of anilines is 1. The highest BCUT2D eigenvalue weighted by atomic mass is 35.5. The molecule has 1 heterocycles. The summed E-state index contributed by atoms with van der Waals surface area (Å²) in [5.74, 6) is 0.561. The fourth-order valence-corrected chi connectivity index (χ4v) is 3.60. The lowest BCUT2D eigenvalue weighted by Gasteiger charge is -2.19. The smallest absolute Gasteiger partial charge is 0.239 e. The zero-order valence-electron chi connectivity index (χ0n) is 14.5. The lowest BCUT2D eigenvalue weighted by molar-refractivity contribution is -0.119. The number of sulfonamides is 1. The van der Waals surface area contributed by atoms with Gasteiger partial charge in [-0.25, -0.2) is 13.6 Å². The van der Waals surface area contributed by atoms with E-state index in [1.807, 2.05) is 4.90 Å². The Balaban J connectivity index is 1.47. The van der Waals surface area contributed by atoms with Crippen LogP contribution in [0.4, 0.5) is 5.69 Å². The fraction of sp³-hybridized carbons (Fsp3) is 0.278. The van der Waals surface area contributed by atoms with Crippen LogP contribution in [0.15, 0.2) is 47.4 Å². The van der Waals surface area contributed by atoms with Crippen LogP contribution in [0.5, 0.6) is 5.75 Å². The molecule has 0 saturated heterocycles. The lowest BCUT2D eigenvalue weighted by atomic mass is 10.2. The van der Waals surface area contributed by atoms with E-state index in [1.54, 1.807) is 36.4 Å². The Hall–Kier alpha value is -2.29. The zero-order chi connectivity index (χ0) is 19.4. The molecule has 2 aromatic carbocycles. The standard InChI is InChI=1S/C18H20ClN3O4S/c19-14-1-3-15(4-2-14)26-10-8-21-18(23)12-22-9-7-13-11-16(27(20,24)25)5-6-17(13)22/h1-6,11H,7-10,12H2,(H,21,23)(H2,20,24,25). The predicted octanol–water partition coefficient (Wildman–Crippen LogP) is 1.55. The van der Waals surface area contributed by atoms with E-state index in [4.69, 9.17) is 21.5 Å². The second kappa shape index (κ2) is 8.16. The van der Waals surface area contributed by atoms with Crippen molar-refractivity contribution in [3.63, 3.8) is 0 Å².